The molecule has 1 aliphatic rings. The molecule has 0 bridgehead atoms. The first-order valence-corrected chi connectivity index (χ1v) is 7.69. The number of nitrogens with one attached hydrogen (secondary N) is 1. The van der Waals surface area contributed by atoms with E-state index in [1.165, 1.54) is 6.42 Å². The second-order valence-corrected chi connectivity index (χ2v) is 6.08. The van der Waals surface area contributed by atoms with E-state index in [2.05, 4.69) is 5.32 Å². The summed E-state index contributed by atoms with van der Waals surface area (Å²) in [5.41, 5.74) is 6.02. The first-order valence-electron chi connectivity index (χ1n) is 7.69. The first-order chi connectivity index (χ1) is 9.02. The van der Waals surface area contributed by atoms with Crippen molar-refractivity contribution in [2.45, 2.75) is 76.9 Å². The van der Waals surface area contributed by atoms with Crippen molar-refractivity contribution in [3.05, 3.63) is 0 Å². The molecule has 0 aliphatic heterocycles. The molecule has 0 saturated heterocycles. The van der Waals surface area contributed by atoms with E-state index < -0.39 is 0 Å². The quantitative estimate of drug-likeness (QED) is 0.665. The number of ether oxygens (including phenoxy) is 1. The Labute approximate surface area is 117 Å². The zero-order chi connectivity index (χ0) is 14.1. The number of unbranched alkanes of at least 4 members (excludes halogenated alkanes) is 1. The second kappa shape index (κ2) is 8.54. The minimum Gasteiger partial charge on any atom is -0.379 e. The second-order valence-electron chi connectivity index (χ2n) is 6.08. The summed E-state index contributed by atoms with van der Waals surface area (Å²) in [5.74, 6) is 0.106. The van der Waals surface area contributed by atoms with Gasteiger partial charge in [-0.2, -0.15) is 0 Å². The Morgan fingerprint density at radius 1 is 1.26 bits per heavy atom. The Bertz CT molecular complexity index is 261. The molecular formula is C15H30N2O2. The monoisotopic (exact) mass is 270 g/mol. The van der Waals surface area contributed by atoms with Crippen LogP contribution in [0.25, 0.3) is 0 Å². The van der Waals surface area contributed by atoms with Crippen molar-refractivity contribution in [2.75, 3.05) is 13.2 Å². The molecule has 0 aromatic rings. The van der Waals surface area contributed by atoms with Gasteiger partial charge in [0.1, 0.15) is 0 Å². The van der Waals surface area contributed by atoms with E-state index in [0.717, 1.165) is 51.7 Å². The van der Waals surface area contributed by atoms with Crippen LogP contribution in [0.4, 0.5) is 0 Å². The fourth-order valence-corrected chi connectivity index (χ4v) is 2.59. The molecule has 1 saturated carbocycles. The summed E-state index contributed by atoms with van der Waals surface area (Å²) in [6.07, 6.45) is 8.30. The average Bonchev–Trinajstić information content (AvgIpc) is 2.33. The normalized spacial score (nSPS) is 18.5. The van der Waals surface area contributed by atoms with Gasteiger partial charge in [0.15, 0.2) is 0 Å². The van der Waals surface area contributed by atoms with Gasteiger partial charge in [0, 0.05) is 25.1 Å². The molecule has 0 heterocycles. The van der Waals surface area contributed by atoms with E-state index in [1.807, 2.05) is 13.8 Å². The number of amides is 1. The Morgan fingerprint density at radius 3 is 2.58 bits per heavy atom. The van der Waals surface area contributed by atoms with Gasteiger partial charge in [-0.3, -0.25) is 4.79 Å². The van der Waals surface area contributed by atoms with Crippen molar-refractivity contribution >= 4 is 5.91 Å². The van der Waals surface area contributed by atoms with Gasteiger partial charge in [-0.05, 0) is 39.5 Å². The third-order valence-corrected chi connectivity index (χ3v) is 3.71. The highest BCUT2D eigenvalue weighted by atomic mass is 16.5. The highest BCUT2D eigenvalue weighted by Crippen LogP contribution is 2.28. The lowest BCUT2D eigenvalue weighted by Crippen LogP contribution is -2.46. The standard InChI is InChI=1S/C15H30N2O2/c1-13(2)19-11-7-6-10-17-14(18)12-15(16)8-4-3-5-9-15/h13H,3-12,16H2,1-2H3,(H,17,18). The lowest BCUT2D eigenvalue weighted by molar-refractivity contribution is -0.122. The number of hydrogen-bond acceptors (Lipinski definition) is 3. The molecule has 3 N–H and O–H groups in total. The topological polar surface area (TPSA) is 64.3 Å². The summed E-state index contributed by atoms with van der Waals surface area (Å²) in [6.45, 7) is 5.57. The van der Waals surface area contributed by atoms with Gasteiger partial charge >= 0.3 is 0 Å². The molecule has 0 aromatic carbocycles. The predicted molar refractivity (Wildman–Crippen MR) is 78.0 cm³/mol. The molecule has 4 heteroatoms. The van der Waals surface area contributed by atoms with Gasteiger partial charge in [-0.1, -0.05) is 19.3 Å². The number of carbonyl (C=O) groups excluding carboxylic acids is 1. The predicted octanol–water partition coefficient (Wildman–Crippen LogP) is 2.36. The molecule has 4 nitrogen and oxygen atoms in total. The van der Waals surface area contributed by atoms with Crippen molar-refractivity contribution in [3.63, 3.8) is 0 Å². The molecule has 0 spiro atoms. The van der Waals surface area contributed by atoms with Gasteiger partial charge in [0.2, 0.25) is 5.91 Å². The molecule has 112 valence electrons. The van der Waals surface area contributed by atoms with E-state index in [-0.39, 0.29) is 17.6 Å². The summed E-state index contributed by atoms with van der Waals surface area (Å²) in [4.78, 5) is 11.8. The third kappa shape index (κ3) is 7.53. The van der Waals surface area contributed by atoms with Gasteiger partial charge < -0.3 is 15.8 Å². The van der Waals surface area contributed by atoms with Gasteiger partial charge in [-0.25, -0.2) is 0 Å². The Morgan fingerprint density at radius 2 is 1.95 bits per heavy atom. The van der Waals surface area contributed by atoms with Crippen LogP contribution < -0.4 is 11.1 Å². The van der Waals surface area contributed by atoms with Crippen LogP contribution in [0.3, 0.4) is 0 Å². The SMILES string of the molecule is CC(C)OCCCCNC(=O)CC1(N)CCCCC1. The molecule has 0 atom stereocenters. The van der Waals surface area contributed by atoms with Gasteiger partial charge in [0.25, 0.3) is 0 Å². The molecular weight excluding hydrogens is 240 g/mol. The lowest BCUT2D eigenvalue weighted by Gasteiger charge is -2.32. The van der Waals surface area contributed by atoms with Crippen molar-refractivity contribution in [1.82, 2.24) is 5.32 Å². The largest absolute Gasteiger partial charge is 0.379 e. The zero-order valence-electron chi connectivity index (χ0n) is 12.5. The molecule has 1 fully saturated rings. The summed E-state index contributed by atoms with van der Waals surface area (Å²) in [5, 5.41) is 2.97. The van der Waals surface area contributed by atoms with Crippen LogP contribution in [0.1, 0.15) is 65.2 Å². The number of nitrogens with two attached hydrogens (primary N) is 1. The molecule has 0 unspecified atom stereocenters. The minimum atomic E-state index is -0.247. The van der Waals surface area contributed by atoms with E-state index in [1.54, 1.807) is 0 Å². The lowest BCUT2D eigenvalue weighted by atomic mass is 9.80. The fourth-order valence-electron chi connectivity index (χ4n) is 2.59. The summed E-state index contributed by atoms with van der Waals surface area (Å²) in [6, 6.07) is 0. The zero-order valence-corrected chi connectivity index (χ0v) is 12.5. The van der Waals surface area contributed by atoms with E-state index in [0.29, 0.717) is 6.42 Å². The van der Waals surface area contributed by atoms with Crippen LogP contribution in [-0.2, 0) is 9.53 Å². The number of carbonyl (C=O) groups is 1. The van der Waals surface area contributed by atoms with Crippen molar-refractivity contribution < 1.29 is 9.53 Å². The molecule has 1 aliphatic carbocycles. The van der Waals surface area contributed by atoms with Crippen molar-refractivity contribution in [2.24, 2.45) is 5.73 Å². The summed E-state index contributed by atoms with van der Waals surface area (Å²) >= 11 is 0. The van der Waals surface area contributed by atoms with Gasteiger partial charge in [0.05, 0.1) is 6.10 Å². The van der Waals surface area contributed by atoms with Crippen LogP contribution in [0.2, 0.25) is 0 Å². The molecule has 19 heavy (non-hydrogen) atoms. The molecule has 0 radical (unpaired) electrons. The number of rotatable bonds is 8. The van der Waals surface area contributed by atoms with Crippen molar-refractivity contribution in [3.8, 4) is 0 Å². The minimum absolute atomic E-state index is 0.106. The van der Waals surface area contributed by atoms with Gasteiger partial charge in [-0.15, -0.1) is 0 Å². The first kappa shape index (κ1) is 16.4. The number of hydrogen-bond donors (Lipinski definition) is 2. The highest BCUT2D eigenvalue weighted by Gasteiger charge is 2.29. The van der Waals surface area contributed by atoms with Crippen LogP contribution in [0, 0.1) is 0 Å². The molecule has 1 amide bonds. The van der Waals surface area contributed by atoms with E-state index in [9.17, 15) is 4.79 Å². The highest BCUT2D eigenvalue weighted by molar-refractivity contribution is 5.77. The average molecular weight is 270 g/mol. The van der Waals surface area contributed by atoms with E-state index in [4.69, 9.17) is 10.5 Å². The maximum atomic E-state index is 11.8. The summed E-state index contributed by atoms with van der Waals surface area (Å²) < 4.78 is 5.45. The Kier molecular flexibility index (Phi) is 7.39. The Hall–Kier alpha value is -0.610. The van der Waals surface area contributed by atoms with Crippen LogP contribution in [-0.4, -0.2) is 30.7 Å². The van der Waals surface area contributed by atoms with E-state index >= 15 is 0 Å². The van der Waals surface area contributed by atoms with Crippen molar-refractivity contribution in [1.29, 1.82) is 0 Å². The molecule has 1 rings (SSSR count). The summed E-state index contributed by atoms with van der Waals surface area (Å²) in [7, 11) is 0. The third-order valence-electron chi connectivity index (χ3n) is 3.71. The maximum Gasteiger partial charge on any atom is 0.221 e. The fraction of sp³-hybridized carbons (Fsp3) is 0.933. The smallest absolute Gasteiger partial charge is 0.221 e. The van der Waals surface area contributed by atoms with Crippen LogP contribution in [0.5, 0.6) is 0 Å². The van der Waals surface area contributed by atoms with Crippen LogP contribution in [0.15, 0.2) is 0 Å². The van der Waals surface area contributed by atoms with Crippen LogP contribution >= 0.6 is 0 Å². The molecule has 0 aromatic heterocycles. The Balaban J connectivity index is 2.04. The maximum absolute atomic E-state index is 11.8.